The van der Waals surface area contributed by atoms with Crippen LogP contribution >= 0.6 is 23.2 Å². The summed E-state index contributed by atoms with van der Waals surface area (Å²) in [6, 6.07) is 10.3. The van der Waals surface area contributed by atoms with Crippen LogP contribution in [0.25, 0.3) is 0 Å². The van der Waals surface area contributed by atoms with Crippen molar-refractivity contribution >= 4 is 34.9 Å². The van der Waals surface area contributed by atoms with E-state index >= 15 is 0 Å². The molecule has 2 aromatic rings. The maximum atomic E-state index is 11.1. The van der Waals surface area contributed by atoms with Gasteiger partial charge in [0.05, 0.1) is 5.56 Å². The highest BCUT2D eigenvalue weighted by Gasteiger charge is 2.10. The molecule has 2 rings (SSSR count). The van der Waals surface area contributed by atoms with Gasteiger partial charge in [-0.2, -0.15) is 0 Å². The Morgan fingerprint density at radius 3 is 2.65 bits per heavy atom. The van der Waals surface area contributed by atoms with Crippen molar-refractivity contribution in [3.8, 4) is 0 Å². The van der Waals surface area contributed by atoms with Gasteiger partial charge < -0.3 is 10.4 Å². The van der Waals surface area contributed by atoms with Crippen LogP contribution in [0.15, 0.2) is 36.4 Å². The summed E-state index contributed by atoms with van der Waals surface area (Å²) in [5, 5.41) is 13.4. The molecule has 20 heavy (non-hydrogen) atoms. The predicted molar refractivity (Wildman–Crippen MR) is 81.9 cm³/mol. The van der Waals surface area contributed by atoms with Gasteiger partial charge in [0.25, 0.3) is 0 Å². The topological polar surface area (TPSA) is 49.3 Å². The van der Waals surface area contributed by atoms with Crippen LogP contribution in [-0.2, 0) is 6.54 Å². The Bertz CT molecular complexity index is 656. The van der Waals surface area contributed by atoms with E-state index in [1.54, 1.807) is 30.3 Å². The fourth-order valence-electron chi connectivity index (χ4n) is 1.90. The zero-order valence-corrected chi connectivity index (χ0v) is 12.3. The number of hydrogen-bond donors (Lipinski definition) is 2. The summed E-state index contributed by atoms with van der Waals surface area (Å²) in [6.45, 7) is 2.36. The molecule has 0 amide bonds. The summed E-state index contributed by atoms with van der Waals surface area (Å²) < 4.78 is 0. The second-order valence-electron chi connectivity index (χ2n) is 4.38. The molecule has 104 valence electrons. The first-order chi connectivity index (χ1) is 9.49. The molecular formula is C15H13Cl2NO2. The summed E-state index contributed by atoms with van der Waals surface area (Å²) >= 11 is 12.1. The van der Waals surface area contributed by atoms with Crippen molar-refractivity contribution in [3.05, 3.63) is 63.1 Å². The smallest absolute Gasteiger partial charge is 0.337 e. The first-order valence-electron chi connectivity index (χ1n) is 5.99. The fourth-order valence-corrected chi connectivity index (χ4v) is 2.43. The highest BCUT2D eigenvalue weighted by Crippen LogP contribution is 2.25. The fraction of sp³-hybridized carbons (Fsp3) is 0.133. The Morgan fingerprint density at radius 1 is 1.25 bits per heavy atom. The van der Waals surface area contributed by atoms with Gasteiger partial charge in [-0.3, -0.25) is 0 Å². The maximum absolute atomic E-state index is 11.1. The molecule has 0 aliphatic heterocycles. The molecule has 0 aromatic heterocycles. The molecule has 0 atom stereocenters. The molecule has 0 radical (unpaired) electrons. The molecule has 0 heterocycles. The van der Waals surface area contributed by atoms with Crippen molar-refractivity contribution < 1.29 is 9.90 Å². The Kier molecular flexibility index (Phi) is 4.53. The molecule has 3 nitrogen and oxygen atoms in total. The molecule has 0 aliphatic rings. The van der Waals surface area contributed by atoms with E-state index in [1.807, 2.05) is 13.0 Å². The standard InChI is InChI=1S/C15H13Cl2NO2/c1-9-10(6-11(16)7-13(9)17)8-18-14-5-3-2-4-12(14)15(19)20/h2-7,18H,8H2,1H3,(H,19,20). The van der Waals surface area contributed by atoms with E-state index in [9.17, 15) is 4.79 Å². The number of carboxylic acid groups (broad SMARTS) is 1. The van der Waals surface area contributed by atoms with Gasteiger partial charge in [0.2, 0.25) is 0 Å². The molecule has 2 N–H and O–H groups in total. The average Bonchev–Trinajstić information content (AvgIpc) is 2.41. The molecule has 0 aliphatic carbocycles. The summed E-state index contributed by atoms with van der Waals surface area (Å²) in [6.07, 6.45) is 0. The third-order valence-electron chi connectivity index (χ3n) is 3.04. The molecule has 0 spiro atoms. The summed E-state index contributed by atoms with van der Waals surface area (Å²) in [5.74, 6) is -0.964. The molecule has 0 bridgehead atoms. The van der Waals surface area contributed by atoms with Gasteiger partial charge in [-0.15, -0.1) is 0 Å². The van der Waals surface area contributed by atoms with E-state index in [4.69, 9.17) is 28.3 Å². The Balaban J connectivity index is 2.24. The van der Waals surface area contributed by atoms with Crippen molar-refractivity contribution in [2.24, 2.45) is 0 Å². The zero-order valence-electron chi connectivity index (χ0n) is 10.8. The van der Waals surface area contributed by atoms with Crippen molar-refractivity contribution in [2.45, 2.75) is 13.5 Å². The highest BCUT2D eigenvalue weighted by atomic mass is 35.5. The first-order valence-corrected chi connectivity index (χ1v) is 6.75. The summed E-state index contributed by atoms with van der Waals surface area (Å²) in [4.78, 5) is 11.1. The first kappa shape index (κ1) is 14.7. The minimum Gasteiger partial charge on any atom is -0.478 e. The molecule has 0 unspecified atom stereocenters. The van der Waals surface area contributed by atoms with Gasteiger partial charge in [-0.1, -0.05) is 35.3 Å². The number of halogens is 2. The number of rotatable bonds is 4. The van der Waals surface area contributed by atoms with Crippen molar-refractivity contribution in [1.29, 1.82) is 0 Å². The van der Waals surface area contributed by atoms with Crippen molar-refractivity contribution in [1.82, 2.24) is 0 Å². The lowest BCUT2D eigenvalue weighted by Crippen LogP contribution is -2.07. The summed E-state index contributed by atoms with van der Waals surface area (Å²) in [5.41, 5.74) is 2.66. The van der Waals surface area contributed by atoms with E-state index in [1.165, 1.54) is 0 Å². The largest absolute Gasteiger partial charge is 0.478 e. The van der Waals surface area contributed by atoms with Crippen LogP contribution in [-0.4, -0.2) is 11.1 Å². The summed E-state index contributed by atoms with van der Waals surface area (Å²) in [7, 11) is 0. The van der Waals surface area contributed by atoms with Crippen LogP contribution in [0.1, 0.15) is 21.5 Å². The van der Waals surface area contributed by atoms with Crippen LogP contribution in [0.5, 0.6) is 0 Å². The van der Waals surface area contributed by atoms with Crippen LogP contribution < -0.4 is 5.32 Å². The van der Waals surface area contributed by atoms with Crippen LogP contribution in [0, 0.1) is 6.92 Å². The lowest BCUT2D eigenvalue weighted by atomic mass is 10.1. The van der Waals surface area contributed by atoms with Gasteiger partial charge in [0.1, 0.15) is 0 Å². The quantitative estimate of drug-likeness (QED) is 0.867. The van der Waals surface area contributed by atoms with Gasteiger partial charge in [0, 0.05) is 22.3 Å². The highest BCUT2D eigenvalue weighted by molar-refractivity contribution is 6.35. The SMILES string of the molecule is Cc1c(Cl)cc(Cl)cc1CNc1ccccc1C(=O)O. The number of hydrogen-bond acceptors (Lipinski definition) is 2. The minimum atomic E-state index is -0.964. The molecule has 0 saturated heterocycles. The van der Waals surface area contributed by atoms with Gasteiger partial charge in [-0.25, -0.2) is 4.79 Å². The van der Waals surface area contributed by atoms with E-state index in [0.717, 1.165) is 11.1 Å². The van der Waals surface area contributed by atoms with Gasteiger partial charge >= 0.3 is 5.97 Å². The van der Waals surface area contributed by atoms with Crippen molar-refractivity contribution in [3.63, 3.8) is 0 Å². The molecule has 5 heteroatoms. The molecule has 0 saturated carbocycles. The normalized spacial score (nSPS) is 10.3. The third kappa shape index (κ3) is 3.24. The Labute approximate surface area is 127 Å². The number of anilines is 1. The lowest BCUT2D eigenvalue weighted by molar-refractivity contribution is 0.0698. The number of nitrogens with one attached hydrogen (secondary N) is 1. The lowest BCUT2D eigenvalue weighted by Gasteiger charge is -2.12. The second kappa shape index (κ2) is 6.16. The van der Waals surface area contributed by atoms with Gasteiger partial charge in [0.15, 0.2) is 0 Å². The Hall–Kier alpha value is -1.71. The van der Waals surface area contributed by atoms with Crippen LogP contribution in [0.3, 0.4) is 0 Å². The number of para-hydroxylation sites is 1. The molecular weight excluding hydrogens is 297 g/mol. The van der Waals surface area contributed by atoms with E-state index in [2.05, 4.69) is 5.32 Å². The van der Waals surface area contributed by atoms with Crippen LogP contribution in [0.4, 0.5) is 5.69 Å². The minimum absolute atomic E-state index is 0.235. The van der Waals surface area contributed by atoms with Crippen LogP contribution in [0.2, 0.25) is 10.0 Å². The van der Waals surface area contributed by atoms with Crippen molar-refractivity contribution in [2.75, 3.05) is 5.32 Å². The molecule has 0 fully saturated rings. The van der Waals surface area contributed by atoms with E-state index in [0.29, 0.717) is 22.3 Å². The molecule has 2 aromatic carbocycles. The zero-order chi connectivity index (χ0) is 14.7. The Morgan fingerprint density at radius 2 is 1.95 bits per heavy atom. The third-order valence-corrected chi connectivity index (χ3v) is 3.65. The van der Waals surface area contributed by atoms with E-state index in [-0.39, 0.29) is 5.56 Å². The maximum Gasteiger partial charge on any atom is 0.337 e. The van der Waals surface area contributed by atoms with Gasteiger partial charge in [-0.05, 0) is 42.3 Å². The number of aromatic carboxylic acids is 1. The number of carboxylic acids is 1. The van der Waals surface area contributed by atoms with E-state index < -0.39 is 5.97 Å². The second-order valence-corrected chi connectivity index (χ2v) is 5.22. The number of carbonyl (C=O) groups is 1. The monoisotopic (exact) mass is 309 g/mol. The number of benzene rings is 2. The predicted octanol–water partition coefficient (Wildman–Crippen LogP) is 4.61. The average molecular weight is 310 g/mol.